The molecule has 0 saturated heterocycles. The van der Waals surface area contributed by atoms with Crippen molar-refractivity contribution in [1.82, 2.24) is 5.32 Å². The Morgan fingerprint density at radius 1 is 1.32 bits per heavy atom. The van der Waals surface area contributed by atoms with Crippen LogP contribution in [0.5, 0.6) is 0 Å². The van der Waals surface area contributed by atoms with Gasteiger partial charge in [0.2, 0.25) is 5.91 Å². The number of carbonyl (C=O) groups is 2. The second kappa shape index (κ2) is 6.77. The molecule has 118 valence electrons. The van der Waals surface area contributed by atoms with Gasteiger partial charge < -0.3 is 10.1 Å². The van der Waals surface area contributed by atoms with Crippen molar-refractivity contribution in [2.24, 2.45) is 0 Å². The highest BCUT2D eigenvalue weighted by molar-refractivity contribution is 5.95. The van der Waals surface area contributed by atoms with Gasteiger partial charge in [-0.15, -0.1) is 0 Å². The lowest BCUT2D eigenvalue weighted by Crippen LogP contribution is -2.34. The monoisotopic (exact) mass is 301 g/mol. The molecule has 1 atom stereocenters. The van der Waals surface area contributed by atoms with Crippen molar-refractivity contribution in [3.8, 4) is 0 Å². The van der Waals surface area contributed by atoms with Crippen LogP contribution < -0.4 is 5.32 Å². The Hall–Kier alpha value is -2.10. The summed E-state index contributed by atoms with van der Waals surface area (Å²) in [6, 6.07) is 8.13. The highest BCUT2D eigenvalue weighted by atomic mass is 16.5. The average molecular weight is 301 g/mol. The van der Waals surface area contributed by atoms with Crippen LogP contribution in [0.15, 0.2) is 35.5 Å². The van der Waals surface area contributed by atoms with Gasteiger partial charge in [-0.1, -0.05) is 38.1 Å². The molecule has 1 aliphatic heterocycles. The molecule has 0 aliphatic carbocycles. The van der Waals surface area contributed by atoms with Crippen molar-refractivity contribution < 1.29 is 14.3 Å². The molecular weight excluding hydrogens is 278 g/mol. The zero-order valence-corrected chi connectivity index (χ0v) is 13.6. The molecule has 0 aromatic heterocycles. The van der Waals surface area contributed by atoms with E-state index in [0.29, 0.717) is 23.8 Å². The van der Waals surface area contributed by atoms with Gasteiger partial charge in [0, 0.05) is 18.0 Å². The Labute approximate surface area is 131 Å². The molecular formula is C18H23NO3. The van der Waals surface area contributed by atoms with Gasteiger partial charge in [0.15, 0.2) is 0 Å². The van der Waals surface area contributed by atoms with Gasteiger partial charge in [-0.2, -0.15) is 0 Å². The largest absolute Gasteiger partial charge is 0.463 e. The highest BCUT2D eigenvalue weighted by Gasteiger charge is 2.32. The van der Waals surface area contributed by atoms with Crippen molar-refractivity contribution in [1.29, 1.82) is 0 Å². The summed E-state index contributed by atoms with van der Waals surface area (Å²) >= 11 is 0. The SMILES string of the molecule is CCOC(=O)C1=C(C)NC(=O)CC1c1ccc(C(C)C)cc1. The first-order valence-electron chi connectivity index (χ1n) is 7.71. The Balaban J connectivity index is 2.38. The van der Waals surface area contributed by atoms with E-state index in [9.17, 15) is 9.59 Å². The van der Waals surface area contributed by atoms with E-state index in [4.69, 9.17) is 4.74 Å². The summed E-state index contributed by atoms with van der Waals surface area (Å²) in [5, 5.41) is 2.74. The summed E-state index contributed by atoms with van der Waals surface area (Å²) in [4.78, 5) is 24.1. The molecule has 1 heterocycles. The number of hydrogen-bond donors (Lipinski definition) is 1. The predicted octanol–water partition coefficient (Wildman–Crippen LogP) is 3.25. The molecule has 4 heteroatoms. The van der Waals surface area contributed by atoms with Crippen LogP contribution in [0.1, 0.15) is 57.1 Å². The lowest BCUT2D eigenvalue weighted by molar-refractivity contribution is -0.139. The Morgan fingerprint density at radius 3 is 2.50 bits per heavy atom. The molecule has 4 nitrogen and oxygen atoms in total. The molecule has 1 N–H and O–H groups in total. The fourth-order valence-electron chi connectivity index (χ4n) is 2.78. The van der Waals surface area contributed by atoms with Crippen LogP contribution in [0.3, 0.4) is 0 Å². The number of amides is 1. The third-order valence-corrected chi connectivity index (χ3v) is 3.97. The standard InChI is InChI=1S/C18H23NO3/c1-5-22-18(21)17-12(4)19-16(20)10-15(17)14-8-6-13(7-9-14)11(2)3/h6-9,11,15H,5,10H2,1-4H3,(H,19,20). The second-order valence-electron chi connectivity index (χ2n) is 5.89. The van der Waals surface area contributed by atoms with Gasteiger partial charge in [-0.05, 0) is 30.9 Å². The number of rotatable bonds is 4. The van der Waals surface area contributed by atoms with Crippen LogP contribution in [-0.2, 0) is 14.3 Å². The van der Waals surface area contributed by atoms with Gasteiger partial charge in [-0.25, -0.2) is 4.79 Å². The molecule has 0 bridgehead atoms. The maximum atomic E-state index is 12.2. The van der Waals surface area contributed by atoms with Crippen molar-refractivity contribution >= 4 is 11.9 Å². The van der Waals surface area contributed by atoms with Gasteiger partial charge in [0.05, 0.1) is 12.2 Å². The number of benzene rings is 1. The zero-order chi connectivity index (χ0) is 16.3. The number of allylic oxidation sites excluding steroid dienone is 1. The first kappa shape index (κ1) is 16.3. The molecule has 2 rings (SSSR count). The Morgan fingerprint density at radius 2 is 1.95 bits per heavy atom. The van der Waals surface area contributed by atoms with Crippen molar-refractivity contribution in [3.63, 3.8) is 0 Å². The van der Waals surface area contributed by atoms with Crippen LogP contribution in [0, 0.1) is 0 Å². The Bertz CT molecular complexity index is 599. The number of hydrogen-bond acceptors (Lipinski definition) is 3. The number of carbonyl (C=O) groups excluding carboxylic acids is 2. The lowest BCUT2D eigenvalue weighted by atomic mass is 9.84. The van der Waals surface area contributed by atoms with Gasteiger partial charge in [0.25, 0.3) is 0 Å². The fourth-order valence-corrected chi connectivity index (χ4v) is 2.78. The van der Waals surface area contributed by atoms with Crippen molar-refractivity contribution in [3.05, 3.63) is 46.7 Å². The van der Waals surface area contributed by atoms with Gasteiger partial charge in [0.1, 0.15) is 0 Å². The quantitative estimate of drug-likeness (QED) is 0.869. The van der Waals surface area contributed by atoms with E-state index in [1.54, 1.807) is 13.8 Å². The maximum absolute atomic E-state index is 12.2. The van der Waals surface area contributed by atoms with Crippen molar-refractivity contribution in [2.45, 2.75) is 46.0 Å². The van der Waals surface area contributed by atoms with E-state index in [1.165, 1.54) is 5.56 Å². The minimum atomic E-state index is -0.349. The molecule has 0 fully saturated rings. The molecule has 1 amide bonds. The first-order chi connectivity index (χ1) is 10.4. The minimum absolute atomic E-state index is 0.0662. The summed E-state index contributed by atoms with van der Waals surface area (Å²) in [5.74, 6) is -0.207. The fraction of sp³-hybridized carbons (Fsp3) is 0.444. The van der Waals surface area contributed by atoms with Crippen molar-refractivity contribution in [2.75, 3.05) is 6.61 Å². The van der Waals surface area contributed by atoms with E-state index >= 15 is 0 Å². The van der Waals surface area contributed by atoms with Crippen LogP contribution >= 0.6 is 0 Å². The molecule has 0 saturated carbocycles. The average Bonchev–Trinajstić information content (AvgIpc) is 2.46. The molecule has 0 radical (unpaired) electrons. The van der Waals surface area contributed by atoms with E-state index in [2.05, 4.69) is 31.3 Å². The Kier molecular flexibility index (Phi) is 5.01. The summed E-state index contributed by atoms with van der Waals surface area (Å²) in [6.45, 7) is 8.12. The van der Waals surface area contributed by atoms with Gasteiger partial charge >= 0.3 is 5.97 Å². The van der Waals surface area contributed by atoms with E-state index in [1.807, 2.05) is 12.1 Å². The third-order valence-electron chi connectivity index (χ3n) is 3.97. The summed E-state index contributed by atoms with van der Waals surface area (Å²) < 4.78 is 5.15. The summed E-state index contributed by atoms with van der Waals surface area (Å²) in [6.07, 6.45) is 0.270. The number of nitrogens with one attached hydrogen (secondary N) is 1. The first-order valence-corrected chi connectivity index (χ1v) is 7.71. The molecule has 1 aliphatic rings. The normalized spacial score (nSPS) is 18.4. The summed E-state index contributed by atoms with van der Waals surface area (Å²) in [5.41, 5.74) is 3.36. The van der Waals surface area contributed by atoms with Crippen LogP contribution in [0.25, 0.3) is 0 Å². The molecule has 1 aromatic rings. The topological polar surface area (TPSA) is 55.4 Å². The van der Waals surface area contributed by atoms with E-state index < -0.39 is 0 Å². The van der Waals surface area contributed by atoms with Crippen LogP contribution in [0.2, 0.25) is 0 Å². The predicted molar refractivity (Wildman–Crippen MR) is 85.4 cm³/mol. The highest BCUT2D eigenvalue weighted by Crippen LogP contribution is 2.34. The number of ether oxygens (including phenoxy) is 1. The maximum Gasteiger partial charge on any atom is 0.336 e. The second-order valence-corrected chi connectivity index (χ2v) is 5.89. The van der Waals surface area contributed by atoms with E-state index in [-0.39, 0.29) is 24.2 Å². The molecule has 1 unspecified atom stereocenters. The third kappa shape index (κ3) is 3.38. The van der Waals surface area contributed by atoms with Crippen LogP contribution in [-0.4, -0.2) is 18.5 Å². The minimum Gasteiger partial charge on any atom is -0.463 e. The lowest BCUT2D eigenvalue weighted by Gasteiger charge is -2.26. The molecule has 22 heavy (non-hydrogen) atoms. The molecule has 1 aromatic carbocycles. The zero-order valence-electron chi connectivity index (χ0n) is 13.6. The smallest absolute Gasteiger partial charge is 0.336 e. The van der Waals surface area contributed by atoms with Crippen LogP contribution in [0.4, 0.5) is 0 Å². The number of esters is 1. The molecule has 0 spiro atoms. The summed E-state index contributed by atoms with van der Waals surface area (Å²) in [7, 11) is 0. The van der Waals surface area contributed by atoms with E-state index in [0.717, 1.165) is 5.56 Å². The van der Waals surface area contributed by atoms with Gasteiger partial charge in [-0.3, -0.25) is 4.79 Å².